The second-order valence-electron chi connectivity index (χ2n) is 4.94. The second kappa shape index (κ2) is 5.50. The first-order valence-electron chi connectivity index (χ1n) is 6.37. The van der Waals surface area contributed by atoms with Crippen LogP contribution < -0.4 is 5.73 Å². The standard InChI is InChI=1S/C14H20N2O2/c1-10-7-8-16(12(10)9-17)14(18)13(15)11-5-3-2-4-6-11/h2-6,10,12-13,17H,7-9,15H2,1H3. The zero-order valence-corrected chi connectivity index (χ0v) is 10.6. The van der Waals surface area contributed by atoms with Gasteiger partial charge in [0, 0.05) is 6.54 Å². The smallest absolute Gasteiger partial charge is 0.244 e. The molecule has 98 valence electrons. The molecule has 3 atom stereocenters. The normalized spacial score (nSPS) is 25.2. The van der Waals surface area contributed by atoms with Crippen molar-refractivity contribution in [2.45, 2.75) is 25.4 Å². The molecule has 1 heterocycles. The van der Waals surface area contributed by atoms with E-state index in [2.05, 4.69) is 6.92 Å². The molecular weight excluding hydrogens is 228 g/mol. The molecule has 1 aromatic rings. The number of aliphatic hydroxyl groups is 1. The summed E-state index contributed by atoms with van der Waals surface area (Å²) < 4.78 is 0. The van der Waals surface area contributed by atoms with E-state index in [9.17, 15) is 9.90 Å². The summed E-state index contributed by atoms with van der Waals surface area (Å²) in [5.41, 5.74) is 6.83. The van der Waals surface area contributed by atoms with E-state index < -0.39 is 6.04 Å². The van der Waals surface area contributed by atoms with E-state index >= 15 is 0 Å². The van der Waals surface area contributed by atoms with E-state index in [4.69, 9.17) is 5.73 Å². The number of benzene rings is 1. The zero-order valence-electron chi connectivity index (χ0n) is 10.6. The molecule has 0 aliphatic carbocycles. The van der Waals surface area contributed by atoms with Gasteiger partial charge in [0.2, 0.25) is 5.91 Å². The molecule has 3 unspecified atom stereocenters. The highest BCUT2D eigenvalue weighted by atomic mass is 16.3. The zero-order chi connectivity index (χ0) is 13.1. The van der Waals surface area contributed by atoms with E-state index in [1.165, 1.54) is 0 Å². The van der Waals surface area contributed by atoms with E-state index in [-0.39, 0.29) is 18.6 Å². The van der Waals surface area contributed by atoms with Crippen molar-refractivity contribution in [3.8, 4) is 0 Å². The van der Waals surface area contributed by atoms with Crippen molar-refractivity contribution in [1.29, 1.82) is 0 Å². The lowest BCUT2D eigenvalue weighted by Crippen LogP contribution is -2.44. The molecule has 1 aliphatic rings. The highest BCUT2D eigenvalue weighted by Gasteiger charge is 2.36. The van der Waals surface area contributed by atoms with Crippen molar-refractivity contribution in [3.05, 3.63) is 35.9 Å². The molecule has 1 amide bonds. The highest BCUT2D eigenvalue weighted by Crippen LogP contribution is 2.26. The fourth-order valence-electron chi connectivity index (χ4n) is 2.54. The summed E-state index contributed by atoms with van der Waals surface area (Å²) in [5.74, 6) is 0.242. The number of rotatable bonds is 3. The molecule has 0 saturated carbocycles. The monoisotopic (exact) mass is 248 g/mol. The van der Waals surface area contributed by atoms with E-state index in [0.29, 0.717) is 12.5 Å². The lowest BCUT2D eigenvalue weighted by molar-refractivity contribution is -0.134. The van der Waals surface area contributed by atoms with Crippen LogP contribution in [0.3, 0.4) is 0 Å². The van der Waals surface area contributed by atoms with Gasteiger partial charge in [-0.3, -0.25) is 4.79 Å². The van der Waals surface area contributed by atoms with Crippen molar-refractivity contribution < 1.29 is 9.90 Å². The van der Waals surface area contributed by atoms with Crippen molar-refractivity contribution in [2.24, 2.45) is 11.7 Å². The molecule has 0 aromatic heterocycles. The maximum atomic E-state index is 12.4. The fraction of sp³-hybridized carbons (Fsp3) is 0.500. The summed E-state index contributed by atoms with van der Waals surface area (Å²) in [6, 6.07) is 8.64. The first-order chi connectivity index (χ1) is 8.65. The number of amides is 1. The van der Waals surface area contributed by atoms with Gasteiger partial charge in [-0.2, -0.15) is 0 Å². The Morgan fingerprint density at radius 3 is 2.78 bits per heavy atom. The van der Waals surface area contributed by atoms with Crippen LogP contribution in [0.1, 0.15) is 24.9 Å². The number of hydrogen-bond donors (Lipinski definition) is 2. The maximum absolute atomic E-state index is 12.4. The van der Waals surface area contributed by atoms with Crippen LogP contribution in [0, 0.1) is 5.92 Å². The molecule has 1 aromatic carbocycles. The Morgan fingerprint density at radius 1 is 1.50 bits per heavy atom. The Kier molecular flexibility index (Phi) is 3.99. The molecule has 0 spiro atoms. The average Bonchev–Trinajstić information content (AvgIpc) is 2.79. The van der Waals surface area contributed by atoms with Gasteiger partial charge in [-0.25, -0.2) is 0 Å². The van der Waals surface area contributed by atoms with Gasteiger partial charge in [-0.1, -0.05) is 37.3 Å². The summed E-state index contributed by atoms with van der Waals surface area (Å²) in [5, 5.41) is 9.37. The van der Waals surface area contributed by atoms with Gasteiger partial charge in [0.05, 0.1) is 12.6 Å². The first-order valence-corrected chi connectivity index (χ1v) is 6.37. The number of aliphatic hydroxyl groups excluding tert-OH is 1. The average molecular weight is 248 g/mol. The van der Waals surface area contributed by atoms with Gasteiger partial charge in [0.25, 0.3) is 0 Å². The maximum Gasteiger partial charge on any atom is 0.244 e. The van der Waals surface area contributed by atoms with Crippen LogP contribution in [0.15, 0.2) is 30.3 Å². The minimum atomic E-state index is -0.634. The SMILES string of the molecule is CC1CCN(C(=O)C(N)c2ccccc2)C1CO. The number of hydrogen-bond acceptors (Lipinski definition) is 3. The molecule has 4 heteroatoms. The topological polar surface area (TPSA) is 66.6 Å². The van der Waals surface area contributed by atoms with Crippen LogP contribution in [0.2, 0.25) is 0 Å². The number of carbonyl (C=O) groups is 1. The quantitative estimate of drug-likeness (QED) is 0.835. The van der Waals surface area contributed by atoms with Gasteiger partial charge in [-0.15, -0.1) is 0 Å². The lowest BCUT2D eigenvalue weighted by atomic mass is 10.0. The van der Waals surface area contributed by atoms with Crippen molar-refractivity contribution in [1.82, 2.24) is 4.90 Å². The number of nitrogens with zero attached hydrogens (tertiary/aromatic N) is 1. The van der Waals surface area contributed by atoms with Crippen LogP contribution in [0.5, 0.6) is 0 Å². The van der Waals surface area contributed by atoms with E-state index in [1.807, 2.05) is 30.3 Å². The predicted molar refractivity (Wildman–Crippen MR) is 69.7 cm³/mol. The Bertz CT molecular complexity index is 408. The van der Waals surface area contributed by atoms with E-state index in [1.54, 1.807) is 4.90 Å². The molecule has 1 aliphatic heterocycles. The summed E-state index contributed by atoms with van der Waals surface area (Å²) in [7, 11) is 0. The van der Waals surface area contributed by atoms with Gasteiger partial charge >= 0.3 is 0 Å². The third-order valence-corrected chi connectivity index (χ3v) is 3.78. The van der Waals surface area contributed by atoms with Crippen molar-refractivity contribution >= 4 is 5.91 Å². The summed E-state index contributed by atoms with van der Waals surface area (Å²) in [4.78, 5) is 14.1. The Hall–Kier alpha value is -1.39. The molecule has 2 rings (SSSR count). The number of nitrogens with two attached hydrogens (primary N) is 1. The Morgan fingerprint density at radius 2 is 2.17 bits per heavy atom. The van der Waals surface area contributed by atoms with Gasteiger partial charge < -0.3 is 15.7 Å². The van der Waals surface area contributed by atoms with Crippen LogP contribution in [0.25, 0.3) is 0 Å². The molecule has 1 saturated heterocycles. The minimum Gasteiger partial charge on any atom is -0.394 e. The van der Waals surface area contributed by atoms with Crippen molar-refractivity contribution in [3.63, 3.8) is 0 Å². The third-order valence-electron chi connectivity index (χ3n) is 3.78. The summed E-state index contributed by atoms with van der Waals surface area (Å²) in [6.07, 6.45) is 0.929. The van der Waals surface area contributed by atoms with Crippen LogP contribution >= 0.6 is 0 Å². The molecule has 4 nitrogen and oxygen atoms in total. The Balaban J connectivity index is 2.12. The molecule has 0 radical (unpaired) electrons. The van der Waals surface area contributed by atoms with Crippen LogP contribution in [-0.4, -0.2) is 35.1 Å². The number of likely N-dealkylation sites (tertiary alicyclic amines) is 1. The summed E-state index contributed by atoms with van der Waals surface area (Å²) in [6.45, 7) is 2.75. The van der Waals surface area contributed by atoms with Gasteiger partial charge in [-0.05, 0) is 17.9 Å². The number of carbonyl (C=O) groups excluding carboxylic acids is 1. The lowest BCUT2D eigenvalue weighted by Gasteiger charge is -2.28. The Labute approximate surface area is 107 Å². The van der Waals surface area contributed by atoms with Crippen molar-refractivity contribution in [2.75, 3.05) is 13.2 Å². The highest BCUT2D eigenvalue weighted by molar-refractivity contribution is 5.83. The summed E-state index contributed by atoms with van der Waals surface area (Å²) >= 11 is 0. The van der Waals surface area contributed by atoms with Gasteiger partial charge in [0.1, 0.15) is 6.04 Å². The van der Waals surface area contributed by atoms with Crippen LogP contribution in [0.4, 0.5) is 0 Å². The predicted octanol–water partition coefficient (Wildman–Crippen LogP) is 0.916. The molecule has 18 heavy (non-hydrogen) atoms. The first kappa shape index (κ1) is 13.1. The molecule has 3 N–H and O–H groups in total. The molecule has 0 bridgehead atoms. The minimum absolute atomic E-state index is 0.00835. The third kappa shape index (κ3) is 2.40. The largest absolute Gasteiger partial charge is 0.394 e. The molecule has 1 fully saturated rings. The van der Waals surface area contributed by atoms with Gasteiger partial charge in [0.15, 0.2) is 0 Å². The fourth-order valence-corrected chi connectivity index (χ4v) is 2.54. The van der Waals surface area contributed by atoms with E-state index in [0.717, 1.165) is 12.0 Å². The second-order valence-corrected chi connectivity index (χ2v) is 4.94. The molecular formula is C14H20N2O2. The van der Waals surface area contributed by atoms with Crippen LogP contribution in [-0.2, 0) is 4.79 Å².